The Morgan fingerprint density at radius 3 is 2.31 bits per heavy atom. The van der Waals surface area contributed by atoms with Gasteiger partial charge in [-0.3, -0.25) is 4.79 Å². The molecule has 35 heavy (non-hydrogen) atoms. The van der Waals surface area contributed by atoms with E-state index in [1.807, 2.05) is 37.3 Å². The van der Waals surface area contributed by atoms with E-state index >= 15 is 0 Å². The number of rotatable bonds is 5. The minimum Gasteiger partial charge on any atom is -0.489 e. The van der Waals surface area contributed by atoms with Gasteiger partial charge in [-0.1, -0.05) is 48.0 Å². The van der Waals surface area contributed by atoms with E-state index < -0.39 is 16.0 Å². The minimum absolute atomic E-state index is 0.105. The smallest absolute Gasteiger partial charge is 0.307 e. The summed E-state index contributed by atoms with van der Waals surface area (Å²) >= 11 is 0. The summed E-state index contributed by atoms with van der Waals surface area (Å²) in [4.78, 5) is 14.1. The van der Waals surface area contributed by atoms with E-state index in [9.17, 15) is 18.3 Å². The van der Waals surface area contributed by atoms with Gasteiger partial charge in [-0.2, -0.15) is 4.31 Å². The number of hydrogen-bond acceptors (Lipinski definition) is 5. The Morgan fingerprint density at radius 1 is 0.943 bits per heavy atom. The van der Waals surface area contributed by atoms with Crippen LogP contribution in [-0.2, 0) is 34.3 Å². The van der Waals surface area contributed by atoms with E-state index in [2.05, 4.69) is 11.0 Å². The number of fused-ring (bicyclic) bond motifs is 2. The second-order valence-electron chi connectivity index (χ2n) is 9.06. The van der Waals surface area contributed by atoms with E-state index in [0.717, 1.165) is 33.7 Å². The molecular formula is C27H28N2O5S. The molecule has 0 bridgehead atoms. The average Bonchev–Trinajstić information content (AvgIpc) is 3.03. The molecule has 3 aromatic carbocycles. The lowest BCUT2D eigenvalue weighted by atomic mass is 9.95. The van der Waals surface area contributed by atoms with Crippen LogP contribution in [0.1, 0.15) is 27.8 Å². The van der Waals surface area contributed by atoms with Crippen LogP contribution in [0.25, 0.3) is 0 Å². The van der Waals surface area contributed by atoms with Gasteiger partial charge in [-0.05, 0) is 41.8 Å². The highest BCUT2D eigenvalue weighted by molar-refractivity contribution is 7.89. The van der Waals surface area contributed by atoms with Crippen LogP contribution in [0.5, 0.6) is 5.75 Å². The average molecular weight is 493 g/mol. The second-order valence-corrected chi connectivity index (χ2v) is 11.0. The summed E-state index contributed by atoms with van der Waals surface area (Å²) < 4.78 is 34.0. The summed E-state index contributed by atoms with van der Waals surface area (Å²) in [6.45, 7) is 3.97. The van der Waals surface area contributed by atoms with E-state index in [4.69, 9.17) is 4.74 Å². The summed E-state index contributed by atoms with van der Waals surface area (Å²) in [6, 6.07) is 18.7. The van der Waals surface area contributed by atoms with Crippen molar-refractivity contribution in [2.45, 2.75) is 31.3 Å². The van der Waals surface area contributed by atoms with Crippen molar-refractivity contribution in [2.75, 3.05) is 31.1 Å². The molecule has 0 unspecified atom stereocenters. The van der Waals surface area contributed by atoms with Crippen LogP contribution in [0.4, 0.5) is 5.69 Å². The van der Waals surface area contributed by atoms with Crippen LogP contribution < -0.4 is 9.64 Å². The van der Waals surface area contributed by atoms with Crippen molar-refractivity contribution in [3.8, 4) is 5.75 Å². The minimum atomic E-state index is -3.59. The molecule has 0 aromatic heterocycles. The Labute approximate surface area is 205 Å². The second kappa shape index (κ2) is 9.36. The van der Waals surface area contributed by atoms with Gasteiger partial charge in [-0.15, -0.1) is 0 Å². The number of carboxylic acid groups (broad SMARTS) is 1. The molecule has 0 amide bonds. The van der Waals surface area contributed by atoms with Crippen LogP contribution in [-0.4, -0.2) is 50.0 Å². The molecule has 1 fully saturated rings. The number of benzene rings is 3. The van der Waals surface area contributed by atoms with Crippen molar-refractivity contribution in [3.05, 3.63) is 88.5 Å². The van der Waals surface area contributed by atoms with Gasteiger partial charge < -0.3 is 14.7 Å². The normalized spacial score (nSPS) is 16.1. The van der Waals surface area contributed by atoms with E-state index in [1.54, 1.807) is 24.3 Å². The van der Waals surface area contributed by atoms with Gasteiger partial charge in [0.2, 0.25) is 10.0 Å². The largest absolute Gasteiger partial charge is 0.489 e. The maximum Gasteiger partial charge on any atom is 0.307 e. The summed E-state index contributed by atoms with van der Waals surface area (Å²) in [6.07, 6.45) is 0.530. The first-order valence-corrected chi connectivity index (χ1v) is 13.1. The Balaban J connectivity index is 1.46. The number of carboxylic acids is 1. The Hall–Kier alpha value is -3.36. The Morgan fingerprint density at radius 2 is 1.63 bits per heavy atom. The predicted molar refractivity (Wildman–Crippen MR) is 134 cm³/mol. The van der Waals surface area contributed by atoms with Crippen LogP contribution in [0.2, 0.25) is 0 Å². The lowest BCUT2D eigenvalue weighted by Crippen LogP contribution is -2.49. The van der Waals surface area contributed by atoms with E-state index in [0.29, 0.717) is 49.7 Å². The van der Waals surface area contributed by atoms with Crippen LogP contribution in [0, 0.1) is 6.92 Å². The summed E-state index contributed by atoms with van der Waals surface area (Å²) in [5.74, 6) is -0.151. The highest BCUT2D eigenvalue weighted by atomic mass is 32.2. The topological polar surface area (TPSA) is 87.2 Å². The summed E-state index contributed by atoms with van der Waals surface area (Å²) in [5.41, 5.74) is 5.81. The number of aliphatic carboxylic acids is 1. The number of nitrogens with zero attached hydrogens (tertiary/aromatic N) is 2. The first kappa shape index (κ1) is 23.4. The fourth-order valence-electron chi connectivity index (χ4n) is 4.90. The quantitative estimate of drug-likeness (QED) is 0.586. The van der Waals surface area contributed by atoms with Gasteiger partial charge in [0.25, 0.3) is 0 Å². The fourth-order valence-corrected chi connectivity index (χ4v) is 6.32. The van der Waals surface area contributed by atoms with Crippen molar-refractivity contribution < 1.29 is 23.1 Å². The van der Waals surface area contributed by atoms with Crippen molar-refractivity contribution in [2.24, 2.45) is 0 Å². The number of sulfonamides is 1. The number of anilines is 1. The predicted octanol–water partition coefficient (Wildman–Crippen LogP) is 3.62. The molecule has 0 atom stereocenters. The first-order chi connectivity index (χ1) is 16.8. The number of aryl methyl sites for hydroxylation is 1. The van der Waals surface area contributed by atoms with Gasteiger partial charge in [0, 0.05) is 43.9 Å². The third-order valence-corrected chi connectivity index (χ3v) is 8.66. The molecule has 2 aliphatic heterocycles. The van der Waals surface area contributed by atoms with Gasteiger partial charge in [-0.25, -0.2) is 8.42 Å². The molecule has 0 aliphatic carbocycles. The summed E-state index contributed by atoms with van der Waals surface area (Å²) in [7, 11) is -3.59. The Bertz CT molecular complexity index is 1360. The molecule has 3 aromatic rings. The molecule has 0 saturated carbocycles. The lowest BCUT2D eigenvalue weighted by Gasteiger charge is -2.37. The van der Waals surface area contributed by atoms with Crippen LogP contribution >= 0.6 is 0 Å². The van der Waals surface area contributed by atoms with Crippen LogP contribution in [0.15, 0.2) is 65.6 Å². The zero-order valence-corrected chi connectivity index (χ0v) is 20.4. The highest BCUT2D eigenvalue weighted by Gasteiger charge is 2.31. The van der Waals surface area contributed by atoms with Gasteiger partial charge in [0.15, 0.2) is 0 Å². The van der Waals surface area contributed by atoms with Gasteiger partial charge in [0.1, 0.15) is 12.4 Å². The van der Waals surface area contributed by atoms with Crippen LogP contribution in [0.3, 0.4) is 0 Å². The number of piperazine rings is 1. The molecule has 0 radical (unpaired) electrons. The number of carbonyl (C=O) groups is 1. The molecule has 2 heterocycles. The standard InChI is InChI=1S/C27H28N2O5S/c1-19-6-9-23(10-7-19)35(32,33)29-14-12-28(13-15-29)27-21(17-26(30)31)8-11-25-24(27)16-20-4-2-3-5-22(20)18-34-25/h2-11H,12-18H2,1H3,(H,30,31). The molecular weight excluding hydrogens is 464 g/mol. The molecule has 7 nitrogen and oxygen atoms in total. The molecule has 182 valence electrons. The van der Waals surface area contributed by atoms with Gasteiger partial charge in [0.05, 0.1) is 11.3 Å². The maximum absolute atomic E-state index is 13.2. The van der Waals surface area contributed by atoms with E-state index in [1.165, 1.54) is 4.31 Å². The van der Waals surface area contributed by atoms with E-state index in [-0.39, 0.29) is 6.42 Å². The lowest BCUT2D eigenvalue weighted by molar-refractivity contribution is -0.136. The van der Waals surface area contributed by atoms with Crippen molar-refractivity contribution in [1.82, 2.24) is 4.31 Å². The molecule has 0 spiro atoms. The zero-order chi connectivity index (χ0) is 24.6. The Kier molecular flexibility index (Phi) is 6.25. The molecule has 1 saturated heterocycles. The number of ether oxygens (including phenoxy) is 1. The third-order valence-electron chi connectivity index (χ3n) is 6.75. The molecule has 2 aliphatic rings. The van der Waals surface area contributed by atoms with Crippen molar-refractivity contribution >= 4 is 21.7 Å². The highest BCUT2D eigenvalue weighted by Crippen LogP contribution is 2.39. The monoisotopic (exact) mass is 492 g/mol. The SMILES string of the molecule is Cc1ccc(S(=O)(=O)N2CCN(c3c(CC(=O)O)ccc4c3Cc3ccccc3CO4)CC2)cc1. The maximum atomic E-state index is 13.2. The molecule has 1 N–H and O–H groups in total. The third kappa shape index (κ3) is 4.63. The summed E-state index contributed by atoms with van der Waals surface area (Å²) in [5, 5.41) is 9.56. The first-order valence-electron chi connectivity index (χ1n) is 11.7. The van der Waals surface area contributed by atoms with Crippen molar-refractivity contribution in [3.63, 3.8) is 0 Å². The zero-order valence-electron chi connectivity index (χ0n) is 19.6. The number of hydrogen-bond donors (Lipinski definition) is 1. The van der Waals surface area contributed by atoms with Gasteiger partial charge >= 0.3 is 5.97 Å². The molecule has 8 heteroatoms. The fraction of sp³-hybridized carbons (Fsp3) is 0.296. The van der Waals surface area contributed by atoms with Crippen molar-refractivity contribution in [1.29, 1.82) is 0 Å². The molecule has 5 rings (SSSR count).